The van der Waals surface area contributed by atoms with Gasteiger partial charge in [-0.2, -0.15) is 0 Å². The highest BCUT2D eigenvalue weighted by Crippen LogP contribution is 2.41. The Labute approximate surface area is 75.5 Å². The third kappa shape index (κ3) is 1.71. The van der Waals surface area contributed by atoms with Gasteiger partial charge in [0.25, 0.3) is 0 Å². The molecule has 0 aliphatic heterocycles. The molecule has 1 heteroatoms. The molecule has 1 N–H and O–H groups in total. The van der Waals surface area contributed by atoms with Crippen molar-refractivity contribution in [3.8, 4) is 0 Å². The molecule has 0 bridgehead atoms. The standard InChI is InChI=1S/C11H20O/c1-4-11(8-12)6-5-9(2)10(3)7-11/h12H,4-8H2,1-3H3/t11-/m1/s1. The first-order chi connectivity index (χ1) is 5.63. The van der Waals surface area contributed by atoms with Crippen LogP contribution in [-0.2, 0) is 0 Å². The van der Waals surface area contributed by atoms with E-state index in [0.717, 1.165) is 12.8 Å². The Bertz CT molecular complexity index is 187. The topological polar surface area (TPSA) is 20.2 Å². The molecule has 0 unspecified atom stereocenters. The van der Waals surface area contributed by atoms with Gasteiger partial charge in [0.2, 0.25) is 0 Å². The average Bonchev–Trinajstić information content (AvgIpc) is 2.10. The Balaban J connectivity index is 2.75. The largest absolute Gasteiger partial charge is 0.396 e. The lowest BCUT2D eigenvalue weighted by Gasteiger charge is -2.35. The van der Waals surface area contributed by atoms with Crippen LogP contribution in [0.25, 0.3) is 0 Å². The summed E-state index contributed by atoms with van der Waals surface area (Å²) in [5, 5.41) is 9.32. The van der Waals surface area contributed by atoms with Gasteiger partial charge in [-0.1, -0.05) is 18.1 Å². The van der Waals surface area contributed by atoms with E-state index in [-0.39, 0.29) is 5.41 Å². The van der Waals surface area contributed by atoms with Crippen LogP contribution in [0.5, 0.6) is 0 Å². The molecule has 1 atom stereocenters. The molecule has 0 aromatic rings. The summed E-state index contributed by atoms with van der Waals surface area (Å²) in [7, 11) is 0. The van der Waals surface area contributed by atoms with Crippen molar-refractivity contribution in [3.63, 3.8) is 0 Å². The van der Waals surface area contributed by atoms with Crippen molar-refractivity contribution in [2.75, 3.05) is 6.61 Å². The van der Waals surface area contributed by atoms with Gasteiger partial charge < -0.3 is 5.11 Å². The summed E-state index contributed by atoms with van der Waals surface area (Å²) in [4.78, 5) is 0. The van der Waals surface area contributed by atoms with E-state index in [1.807, 2.05) is 0 Å². The van der Waals surface area contributed by atoms with Gasteiger partial charge in [0.15, 0.2) is 0 Å². The Morgan fingerprint density at radius 3 is 2.42 bits per heavy atom. The number of aliphatic hydroxyl groups is 1. The Morgan fingerprint density at radius 2 is 2.00 bits per heavy atom. The van der Waals surface area contributed by atoms with Crippen LogP contribution in [0.4, 0.5) is 0 Å². The molecule has 1 aliphatic rings. The van der Waals surface area contributed by atoms with Crippen LogP contribution in [0.3, 0.4) is 0 Å². The van der Waals surface area contributed by atoms with Gasteiger partial charge in [0, 0.05) is 6.61 Å². The van der Waals surface area contributed by atoms with Crippen molar-refractivity contribution in [3.05, 3.63) is 11.1 Å². The second-order valence-electron chi connectivity index (χ2n) is 4.25. The monoisotopic (exact) mass is 168 g/mol. The maximum atomic E-state index is 9.32. The van der Waals surface area contributed by atoms with E-state index < -0.39 is 0 Å². The summed E-state index contributed by atoms with van der Waals surface area (Å²) in [5.41, 5.74) is 3.24. The zero-order valence-electron chi connectivity index (χ0n) is 8.48. The second kappa shape index (κ2) is 3.61. The highest BCUT2D eigenvalue weighted by Gasteiger charge is 2.30. The van der Waals surface area contributed by atoms with Crippen LogP contribution < -0.4 is 0 Å². The Kier molecular flexibility index (Phi) is 2.94. The molecule has 0 aromatic heterocycles. The summed E-state index contributed by atoms with van der Waals surface area (Å²) < 4.78 is 0. The van der Waals surface area contributed by atoms with E-state index in [4.69, 9.17) is 0 Å². The van der Waals surface area contributed by atoms with Gasteiger partial charge in [-0.15, -0.1) is 0 Å². The van der Waals surface area contributed by atoms with Crippen LogP contribution in [0.2, 0.25) is 0 Å². The third-order valence-corrected chi connectivity index (χ3v) is 3.48. The summed E-state index contributed by atoms with van der Waals surface area (Å²) >= 11 is 0. The molecule has 0 amide bonds. The van der Waals surface area contributed by atoms with Crippen molar-refractivity contribution in [1.29, 1.82) is 0 Å². The van der Waals surface area contributed by atoms with Gasteiger partial charge >= 0.3 is 0 Å². The number of hydrogen-bond acceptors (Lipinski definition) is 1. The fraction of sp³-hybridized carbons (Fsp3) is 0.818. The maximum absolute atomic E-state index is 9.32. The van der Waals surface area contributed by atoms with Crippen molar-refractivity contribution < 1.29 is 5.11 Å². The average molecular weight is 168 g/mol. The molecule has 70 valence electrons. The molecule has 0 fully saturated rings. The van der Waals surface area contributed by atoms with Gasteiger partial charge in [-0.25, -0.2) is 0 Å². The van der Waals surface area contributed by atoms with Gasteiger partial charge in [0.1, 0.15) is 0 Å². The molecule has 0 radical (unpaired) electrons. The molecule has 0 saturated heterocycles. The molecular weight excluding hydrogens is 148 g/mol. The number of hydrogen-bond donors (Lipinski definition) is 1. The third-order valence-electron chi connectivity index (χ3n) is 3.48. The van der Waals surface area contributed by atoms with Gasteiger partial charge in [0.05, 0.1) is 0 Å². The minimum atomic E-state index is 0.212. The predicted molar refractivity (Wildman–Crippen MR) is 52.0 cm³/mol. The normalized spacial score (nSPS) is 31.0. The SMILES string of the molecule is CC[C@@]1(CO)CCC(C)=C(C)C1. The lowest BCUT2D eigenvalue weighted by atomic mass is 9.71. The fourth-order valence-corrected chi connectivity index (χ4v) is 2.02. The highest BCUT2D eigenvalue weighted by molar-refractivity contribution is 5.16. The van der Waals surface area contributed by atoms with Crippen LogP contribution in [0.1, 0.15) is 46.5 Å². The van der Waals surface area contributed by atoms with E-state index >= 15 is 0 Å². The Hall–Kier alpha value is -0.300. The highest BCUT2D eigenvalue weighted by atomic mass is 16.3. The Morgan fingerprint density at radius 1 is 1.33 bits per heavy atom. The quantitative estimate of drug-likeness (QED) is 0.629. The number of aliphatic hydroxyl groups excluding tert-OH is 1. The minimum Gasteiger partial charge on any atom is -0.396 e. The minimum absolute atomic E-state index is 0.212. The van der Waals surface area contributed by atoms with Crippen LogP contribution in [0.15, 0.2) is 11.1 Å². The molecule has 12 heavy (non-hydrogen) atoms. The van der Waals surface area contributed by atoms with Gasteiger partial charge in [-0.05, 0) is 44.9 Å². The molecule has 0 saturated carbocycles. The summed E-state index contributed by atoms with van der Waals surface area (Å²) in [6, 6.07) is 0. The van der Waals surface area contributed by atoms with E-state index in [1.54, 1.807) is 0 Å². The molecule has 1 rings (SSSR count). The summed E-state index contributed by atoms with van der Waals surface area (Å²) in [6.45, 7) is 6.96. The number of rotatable bonds is 2. The zero-order valence-corrected chi connectivity index (χ0v) is 8.48. The first kappa shape index (κ1) is 9.79. The zero-order chi connectivity index (χ0) is 9.19. The van der Waals surface area contributed by atoms with Crippen molar-refractivity contribution >= 4 is 0 Å². The molecule has 0 heterocycles. The van der Waals surface area contributed by atoms with Crippen LogP contribution >= 0.6 is 0 Å². The fourth-order valence-electron chi connectivity index (χ4n) is 2.02. The molecule has 1 aliphatic carbocycles. The summed E-state index contributed by atoms with van der Waals surface area (Å²) in [5.74, 6) is 0. The predicted octanol–water partition coefficient (Wildman–Crippen LogP) is 2.90. The first-order valence-corrected chi connectivity index (χ1v) is 4.89. The summed E-state index contributed by atoms with van der Waals surface area (Å²) in [6.07, 6.45) is 4.56. The molecule has 1 nitrogen and oxygen atoms in total. The van der Waals surface area contributed by atoms with Gasteiger partial charge in [-0.3, -0.25) is 0 Å². The second-order valence-corrected chi connectivity index (χ2v) is 4.25. The smallest absolute Gasteiger partial charge is 0.0490 e. The van der Waals surface area contributed by atoms with Crippen molar-refractivity contribution in [1.82, 2.24) is 0 Å². The van der Waals surface area contributed by atoms with E-state index in [0.29, 0.717) is 6.61 Å². The lowest BCUT2D eigenvalue weighted by Crippen LogP contribution is -2.28. The van der Waals surface area contributed by atoms with Crippen LogP contribution in [0, 0.1) is 5.41 Å². The van der Waals surface area contributed by atoms with Crippen LogP contribution in [-0.4, -0.2) is 11.7 Å². The van der Waals surface area contributed by atoms with E-state index in [9.17, 15) is 5.11 Å². The van der Waals surface area contributed by atoms with Crippen molar-refractivity contribution in [2.45, 2.75) is 46.5 Å². The molecule has 0 aromatic carbocycles. The van der Waals surface area contributed by atoms with Crippen molar-refractivity contribution in [2.24, 2.45) is 5.41 Å². The number of allylic oxidation sites excluding steroid dienone is 2. The lowest BCUT2D eigenvalue weighted by molar-refractivity contribution is 0.104. The molecular formula is C11H20O. The van der Waals surface area contributed by atoms with E-state index in [2.05, 4.69) is 20.8 Å². The maximum Gasteiger partial charge on any atom is 0.0490 e. The first-order valence-electron chi connectivity index (χ1n) is 4.89. The molecule has 0 spiro atoms. The van der Waals surface area contributed by atoms with E-state index in [1.165, 1.54) is 24.0 Å².